The van der Waals surface area contributed by atoms with E-state index in [1.165, 1.54) is 18.3 Å². The minimum atomic E-state index is -3.84. The Kier molecular flexibility index (Phi) is 5.60. The van der Waals surface area contributed by atoms with E-state index in [1.54, 1.807) is 30.3 Å². The molecule has 1 aromatic heterocycles. The molecule has 1 N–H and O–H groups in total. The number of aromatic nitrogens is 1. The summed E-state index contributed by atoms with van der Waals surface area (Å²) in [6.07, 6.45) is 2.16. The molecule has 2 aromatic carbocycles. The second-order valence-electron chi connectivity index (χ2n) is 5.88. The van der Waals surface area contributed by atoms with Crippen molar-refractivity contribution in [2.45, 2.75) is 17.4 Å². The molecule has 136 valence electrons. The van der Waals surface area contributed by atoms with Crippen LogP contribution in [0.25, 0.3) is 0 Å². The van der Waals surface area contributed by atoms with E-state index in [1.807, 2.05) is 30.3 Å². The Labute approximate surface area is 159 Å². The van der Waals surface area contributed by atoms with Gasteiger partial charge in [0, 0.05) is 17.3 Å². The fraction of sp³-hybridized carbons (Fsp3) is 0.0909. The van der Waals surface area contributed by atoms with E-state index in [2.05, 4.69) is 18.4 Å². The van der Waals surface area contributed by atoms with Crippen LogP contribution in [-0.4, -0.2) is 17.5 Å². The van der Waals surface area contributed by atoms with Gasteiger partial charge in [0.25, 0.3) is 10.0 Å². The molecule has 3 rings (SSSR count). The predicted molar refractivity (Wildman–Crippen MR) is 106 cm³/mol. The van der Waals surface area contributed by atoms with Gasteiger partial charge in [0.1, 0.15) is 0 Å². The quantitative estimate of drug-likeness (QED) is 0.544. The van der Waals surface area contributed by atoms with Crippen LogP contribution in [-0.2, 0) is 10.0 Å². The summed E-state index contributed by atoms with van der Waals surface area (Å²) in [5.74, 6) is 5.99. The first-order chi connectivity index (χ1) is 13.0. The van der Waals surface area contributed by atoms with Gasteiger partial charge in [0.05, 0.1) is 16.7 Å². The number of rotatable bonds is 5. The first kappa shape index (κ1) is 18.7. The summed E-state index contributed by atoms with van der Waals surface area (Å²) in [6, 6.07) is 19.1. The lowest BCUT2D eigenvalue weighted by Crippen LogP contribution is -2.17. The fourth-order valence-electron chi connectivity index (χ4n) is 2.70. The number of aliphatic hydroxyl groups excluding tert-OH is 1. The zero-order valence-corrected chi connectivity index (χ0v) is 15.4. The fourth-order valence-corrected chi connectivity index (χ4v) is 4.13. The van der Waals surface area contributed by atoms with Gasteiger partial charge in [-0.2, -0.15) is 0 Å². The van der Waals surface area contributed by atoms with Gasteiger partial charge >= 0.3 is 0 Å². The Morgan fingerprint density at radius 1 is 1.00 bits per heavy atom. The van der Waals surface area contributed by atoms with Crippen molar-refractivity contribution in [3.63, 3.8) is 0 Å². The molecular weight excluding hydrogens is 358 g/mol. The molecule has 1 heterocycles. The molecule has 0 fully saturated rings. The van der Waals surface area contributed by atoms with Crippen molar-refractivity contribution in [2.24, 2.45) is 0 Å². The molecule has 0 bridgehead atoms. The smallest absolute Gasteiger partial charge is 0.267 e. The second-order valence-corrected chi connectivity index (χ2v) is 7.70. The molecular formula is C22H19NO3S. The summed E-state index contributed by atoms with van der Waals surface area (Å²) >= 11 is 0. The first-order valence-corrected chi connectivity index (χ1v) is 9.86. The SMILES string of the molecule is C=CCC(O)c1c(C#Cc2ccccc2)ccn1S(=O)(=O)c1ccccc1. The topological polar surface area (TPSA) is 59.3 Å². The van der Waals surface area contributed by atoms with Crippen molar-refractivity contribution in [3.05, 3.63) is 102 Å². The van der Waals surface area contributed by atoms with Crippen LogP contribution < -0.4 is 0 Å². The van der Waals surface area contributed by atoms with Gasteiger partial charge in [-0.15, -0.1) is 6.58 Å². The van der Waals surface area contributed by atoms with E-state index in [0.717, 1.165) is 9.54 Å². The summed E-state index contributed by atoms with van der Waals surface area (Å²) in [7, 11) is -3.84. The Morgan fingerprint density at radius 2 is 1.63 bits per heavy atom. The van der Waals surface area contributed by atoms with E-state index in [4.69, 9.17) is 0 Å². The van der Waals surface area contributed by atoms with Gasteiger partial charge < -0.3 is 5.11 Å². The monoisotopic (exact) mass is 377 g/mol. The van der Waals surface area contributed by atoms with Crippen LogP contribution >= 0.6 is 0 Å². The number of hydrogen-bond donors (Lipinski definition) is 1. The van der Waals surface area contributed by atoms with Gasteiger partial charge in [0.2, 0.25) is 0 Å². The third-order valence-corrected chi connectivity index (χ3v) is 5.72. The zero-order valence-electron chi connectivity index (χ0n) is 14.6. The Hall–Kier alpha value is -3.07. The van der Waals surface area contributed by atoms with Gasteiger partial charge in [-0.05, 0) is 36.8 Å². The van der Waals surface area contributed by atoms with Crippen LogP contribution in [0, 0.1) is 11.8 Å². The molecule has 3 aromatic rings. The minimum absolute atomic E-state index is 0.148. The highest BCUT2D eigenvalue weighted by molar-refractivity contribution is 7.90. The average molecular weight is 377 g/mol. The highest BCUT2D eigenvalue weighted by atomic mass is 32.2. The normalized spacial score (nSPS) is 12.0. The molecule has 1 unspecified atom stereocenters. The third kappa shape index (κ3) is 4.03. The van der Waals surface area contributed by atoms with E-state index in [9.17, 15) is 13.5 Å². The third-order valence-electron chi connectivity index (χ3n) is 4.01. The summed E-state index contributed by atoms with van der Waals surface area (Å²) in [5.41, 5.74) is 1.51. The molecule has 0 aliphatic carbocycles. The minimum Gasteiger partial charge on any atom is -0.386 e. The number of hydrogen-bond acceptors (Lipinski definition) is 3. The molecule has 4 nitrogen and oxygen atoms in total. The van der Waals surface area contributed by atoms with Crippen molar-refractivity contribution in [1.29, 1.82) is 0 Å². The highest BCUT2D eigenvalue weighted by Crippen LogP contribution is 2.26. The standard InChI is InChI=1S/C22H19NO3S/c1-2-9-21(24)22-19(15-14-18-10-5-3-6-11-18)16-17-23(22)27(25,26)20-12-7-4-8-13-20/h2-8,10-13,16-17,21,24H,1,9H2. The summed E-state index contributed by atoms with van der Waals surface area (Å²) < 4.78 is 27.2. The lowest BCUT2D eigenvalue weighted by molar-refractivity contribution is 0.175. The molecule has 5 heteroatoms. The Morgan fingerprint density at radius 3 is 2.26 bits per heavy atom. The lowest BCUT2D eigenvalue weighted by atomic mass is 10.1. The molecule has 0 spiro atoms. The van der Waals surface area contributed by atoms with E-state index >= 15 is 0 Å². The number of benzene rings is 2. The average Bonchev–Trinajstić information content (AvgIpc) is 3.13. The predicted octanol–water partition coefficient (Wildman–Crippen LogP) is 3.73. The molecule has 0 saturated heterocycles. The van der Waals surface area contributed by atoms with Crippen molar-refractivity contribution in [1.82, 2.24) is 3.97 Å². The maximum absolute atomic E-state index is 13.0. The largest absolute Gasteiger partial charge is 0.386 e. The van der Waals surface area contributed by atoms with Gasteiger partial charge in [-0.1, -0.05) is 54.3 Å². The van der Waals surface area contributed by atoms with Gasteiger partial charge in [0.15, 0.2) is 0 Å². The van der Waals surface area contributed by atoms with Crippen LogP contribution in [0.3, 0.4) is 0 Å². The van der Waals surface area contributed by atoms with Crippen LogP contribution in [0.4, 0.5) is 0 Å². The van der Waals surface area contributed by atoms with Gasteiger partial charge in [-0.3, -0.25) is 0 Å². The second kappa shape index (κ2) is 8.09. The van der Waals surface area contributed by atoms with E-state index in [0.29, 0.717) is 5.56 Å². The van der Waals surface area contributed by atoms with E-state index in [-0.39, 0.29) is 17.0 Å². The molecule has 0 amide bonds. The van der Waals surface area contributed by atoms with Crippen molar-refractivity contribution in [2.75, 3.05) is 0 Å². The molecule has 27 heavy (non-hydrogen) atoms. The van der Waals surface area contributed by atoms with Gasteiger partial charge in [-0.25, -0.2) is 12.4 Å². The van der Waals surface area contributed by atoms with Crippen molar-refractivity contribution >= 4 is 10.0 Å². The van der Waals surface area contributed by atoms with Crippen LogP contribution in [0.15, 0.2) is 90.5 Å². The first-order valence-electron chi connectivity index (χ1n) is 8.42. The lowest BCUT2D eigenvalue weighted by Gasteiger charge is -2.15. The van der Waals surface area contributed by atoms with Crippen LogP contribution in [0.1, 0.15) is 29.3 Å². The maximum atomic E-state index is 13.0. The summed E-state index contributed by atoms with van der Waals surface area (Å²) in [5, 5.41) is 10.6. The molecule has 0 aliphatic rings. The summed E-state index contributed by atoms with van der Waals surface area (Å²) in [6.45, 7) is 3.63. The van der Waals surface area contributed by atoms with Crippen molar-refractivity contribution < 1.29 is 13.5 Å². The molecule has 0 aliphatic heterocycles. The number of aliphatic hydroxyl groups is 1. The number of nitrogens with zero attached hydrogens (tertiary/aromatic N) is 1. The zero-order chi connectivity index (χ0) is 19.3. The molecule has 0 radical (unpaired) electrons. The Bertz CT molecular complexity index is 1090. The molecule has 0 saturated carbocycles. The molecule has 1 atom stereocenters. The van der Waals surface area contributed by atoms with Crippen LogP contribution in [0.5, 0.6) is 0 Å². The van der Waals surface area contributed by atoms with Crippen LogP contribution in [0.2, 0.25) is 0 Å². The Balaban J connectivity index is 2.12. The summed E-state index contributed by atoms with van der Waals surface area (Å²) in [4.78, 5) is 0.148. The van der Waals surface area contributed by atoms with Crippen molar-refractivity contribution in [3.8, 4) is 11.8 Å². The van der Waals surface area contributed by atoms with E-state index < -0.39 is 16.1 Å². The maximum Gasteiger partial charge on any atom is 0.267 e. The highest BCUT2D eigenvalue weighted by Gasteiger charge is 2.25.